The standard InChI is InChI=1S/C14H10Cl2FNO2S/c15-11-3-1-10(2-4-11)7-8-21(19,20)18-12-5-6-14(17)13(16)9-12/h1-9,18H/b8-7+. The summed E-state index contributed by atoms with van der Waals surface area (Å²) in [6.45, 7) is 0. The minimum Gasteiger partial charge on any atom is -0.280 e. The Morgan fingerprint density at radius 1 is 1.05 bits per heavy atom. The van der Waals surface area contributed by atoms with Crippen molar-refractivity contribution in [2.24, 2.45) is 0 Å². The first-order chi connectivity index (χ1) is 9.85. The van der Waals surface area contributed by atoms with Crippen LogP contribution in [0.4, 0.5) is 10.1 Å². The molecule has 0 amide bonds. The Kier molecular flexibility index (Phi) is 4.88. The first kappa shape index (κ1) is 15.8. The van der Waals surface area contributed by atoms with Crippen LogP contribution in [0.15, 0.2) is 47.9 Å². The average molecular weight is 346 g/mol. The Labute approximate surface area is 132 Å². The van der Waals surface area contributed by atoms with Crippen molar-refractivity contribution in [3.63, 3.8) is 0 Å². The molecule has 110 valence electrons. The van der Waals surface area contributed by atoms with E-state index >= 15 is 0 Å². The molecule has 0 unspecified atom stereocenters. The van der Waals surface area contributed by atoms with E-state index in [0.29, 0.717) is 10.6 Å². The smallest absolute Gasteiger partial charge is 0.255 e. The van der Waals surface area contributed by atoms with Crippen molar-refractivity contribution in [2.45, 2.75) is 0 Å². The zero-order valence-electron chi connectivity index (χ0n) is 10.6. The van der Waals surface area contributed by atoms with Crippen LogP contribution in [0.3, 0.4) is 0 Å². The highest BCUT2D eigenvalue weighted by Gasteiger charge is 2.07. The second-order valence-corrected chi connectivity index (χ2v) is 6.54. The minimum absolute atomic E-state index is 0.156. The number of benzene rings is 2. The molecule has 3 nitrogen and oxygen atoms in total. The molecule has 0 saturated carbocycles. The Bertz CT molecular complexity index is 774. The van der Waals surface area contributed by atoms with Crippen LogP contribution in [0.5, 0.6) is 0 Å². The van der Waals surface area contributed by atoms with Gasteiger partial charge in [0.2, 0.25) is 0 Å². The molecule has 0 spiro atoms. The third-order valence-electron chi connectivity index (χ3n) is 2.49. The summed E-state index contributed by atoms with van der Waals surface area (Å²) in [6, 6.07) is 10.2. The van der Waals surface area contributed by atoms with Crippen molar-refractivity contribution < 1.29 is 12.8 Å². The third kappa shape index (κ3) is 4.74. The van der Waals surface area contributed by atoms with Gasteiger partial charge in [-0.05, 0) is 42.0 Å². The maximum absolute atomic E-state index is 13.0. The number of sulfonamides is 1. The predicted molar refractivity (Wildman–Crippen MR) is 84.4 cm³/mol. The van der Waals surface area contributed by atoms with Crippen LogP contribution in [0, 0.1) is 5.82 Å². The zero-order chi connectivity index (χ0) is 15.5. The SMILES string of the molecule is O=S(=O)(/C=C/c1ccc(Cl)cc1)Nc1ccc(F)c(Cl)c1. The fourth-order valence-electron chi connectivity index (χ4n) is 1.50. The fraction of sp³-hybridized carbons (Fsp3) is 0. The molecule has 0 aliphatic carbocycles. The Hall–Kier alpha value is -1.56. The van der Waals surface area contributed by atoms with Crippen LogP contribution in [0.1, 0.15) is 5.56 Å². The number of nitrogens with one attached hydrogen (secondary N) is 1. The molecule has 0 aliphatic rings. The van der Waals surface area contributed by atoms with E-state index < -0.39 is 15.8 Å². The van der Waals surface area contributed by atoms with Gasteiger partial charge in [-0.25, -0.2) is 12.8 Å². The number of anilines is 1. The minimum atomic E-state index is -3.72. The van der Waals surface area contributed by atoms with Crippen LogP contribution in [0.25, 0.3) is 6.08 Å². The molecule has 0 bridgehead atoms. The molecule has 1 N–H and O–H groups in total. The number of rotatable bonds is 4. The molecule has 2 aromatic rings. The van der Waals surface area contributed by atoms with Crippen LogP contribution < -0.4 is 4.72 Å². The van der Waals surface area contributed by atoms with Crippen LogP contribution in [-0.2, 0) is 10.0 Å². The summed E-state index contributed by atoms with van der Waals surface area (Å²) >= 11 is 11.3. The van der Waals surface area contributed by atoms with Crippen molar-refractivity contribution >= 4 is 45.0 Å². The molecule has 0 aromatic heterocycles. The second-order valence-electron chi connectivity index (χ2n) is 4.13. The molecule has 0 heterocycles. The van der Waals surface area contributed by atoms with E-state index in [4.69, 9.17) is 23.2 Å². The van der Waals surface area contributed by atoms with Gasteiger partial charge in [0, 0.05) is 5.02 Å². The lowest BCUT2D eigenvalue weighted by atomic mass is 10.2. The molecule has 0 saturated heterocycles. The van der Waals surface area contributed by atoms with E-state index in [2.05, 4.69) is 4.72 Å². The highest BCUT2D eigenvalue weighted by molar-refractivity contribution is 7.95. The summed E-state index contributed by atoms with van der Waals surface area (Å²) in [6.07, 6.45) is 1.42. The average Bonchev–Trinajstić information content (AvgIpc) is 2.42. The maximum Gasteiger partial charge on any atom is 0.255 e. The summed E-state index contributed by atoms with van der Waals surface area (Å²) in [7, 11) is -3.72. The van der Waals surface area contributed by atoms with Gasteiger partial charge in [0.1, 0.15) is 5.82 Å². The van der Waals surface area contributed by atoms with Gasteiger partial charge in [0.15, 0.2) is 0 Å². The quantitative estimate of drug-likeness (QED) is 0.883. The summed E-state index contributed by atoms with van der Waals surface area (Å²) in [5.74, 6) is -0.615. The van der Waals surface area contributed by atoms with Crippen molar-refractivity contribution in [1.82, 2.24) is 0 Å². The second kappa shape index (κ2) is 6.47. The van der Waals surface area contributed by atoms with Crippen molar-refractivity contribution in [1.29, 1.82) is 0 Å². The molecular formula is C14H10Cl2FNO2S. The monoisotopic (exact) mass is 345 g/mol. The number of hydrogen-bond acceptors (Lipinski definition) is 2. The highest BCUT2D eigenvalue weighted by Crippen LogP contribution is 2.20. The summed E-state index contributed by atoms with van der Waals surface area (Å²) in [5, 5.41) is 1.42. The van der Waals surface area contributed by atoms with E-state index in [1.807, 2.05) is 0 Å². The van der Waals surface area contributed by atoms with E-state index in [1.54, 1.807) is 24.3 Å². The molecule has 0 fully saturated rings. The summed E-state index contributed by atoms with van der Waals surface area (Å²) in [5.41, 5.74) is 0.865. The molecule has 0 radical (unpaired) electrons. The van der Waals surface area contributed by atoms with Crippen LogP contribution in [-0.4, -0.2) is 8.42 Å². The Morgan fingerprint density at radius 3 is 2.33 bits per heavy atom. The summed E-state index contributed by atoms with van der Waals surface area (Å²) < 4.78 is 39.0. The molecule has 2 rings (SSSR count). The predicted octanol–water partition coefficient (Wildman–Crippen LogP) is 4.55. The lowest BCUT2D eigenvalue weighted by Gasteiger charge is -2.05. The van der Waals surface area contributed by atoms with E-state index in [-0.39, 0.29) is 10.7 Å². The lowest BCUT2D eigenvalue weighted by Crippen LogP contribution is -2.08. The van der Waals surface area contributed by atoms with Gasteiger partial charge < -0.3 is 0 Å². The number of halogens is 3. The normalized spacial score (nSPS) is 11.8. The highest BCUT2D eigenvalue weighted by atomic mass is 35.5. The van der Waals surface area contributed by atoms with Gasteiger partial charge in [0.05, 0.1) is 16.1 Å². The summed E-state index contributed by atoms with van der Waals surface area (Å²) in [4.78, 5) is 0. The Balaban J connectivity index is 2.14. The molecule has 7 heteroatoms. The van der Waals surface area contributed by atoms with Crippen molar-refractivity contribution in [3.8, 4) is 0 Å². The zero-order valence-corrected chi connectivity index (χ0v) is 12.9. The van der Waals surface area contributed by atoms with Crippen LogP contribution in [0.2, 0.25) is 10.0 Å². The molecule has 2 aromatic carbocycles. The number of hydrogen-bond donors (Lipinski definition) is 1. The van der Waals surface area contributed by atoms with Gasteiger partial charge in [-0.3, -0.25) is 4.72 Å². The molecule has 21 heavy (non-hydrogen) atoms. The van der Waals surface area contributed by atoms with Gasteiger partial charge in [0.25, 0.3) is 10.0 Å². The molecule has 0 atom stereocenters. The Morgan fingerprint density at radius 2 is 1.71 bits per heavy atom. The van der Waals surface area contributed by atoms with Gasteiger partial charge in [-0.1, -0.05) is 35.3 Å². The third-order valence-corrected chi connectivity index (χ3v) is 4.05. The van der Waals surface area contributed by atoms with Crippen LogP contribution >= 0.6 is 23.2 Å². The molecule has 0 aliphatic heterocycles. The largest absolute Gasteiger partial charge is 0.280 e. The topological polar surface area (TPSA) is 46.2 Å². The van der Waals surface area contributed by atoms with E-state index in [0.717, 1.165) is 11.5 Å². The lowest BCUT2D eigenvalue weighted by molar-refractivity contribution is 0.609. The first-order valence-electron chi connectivity index (χ1n) is 5.77. The van der Waals surface area contributed by atoms with E-state index in [9.17, 15) is 12.8 Å². The fourth-order valence-corrected chi connectivity index (χ4v) is 2.67. The van der Waals surface area contributed by atoms with Crippen molar-refractivity contribution in [3.05, 3.63) is 69.3 Å². The first-order valence-corrected chi connectivity index (χ1v) is 8.07. The van der Waals surface area contributed by atoms with E-state index in [1.165, 1.54) is 18.2 Å². The van der Waals surface area contributed by atoms with Gasteiger partial charge >= 0.3 is 0 Å². The van der Waals surface area contributed by atoms with Gasteiger partial charge in [-0.2, -0.15) is 0 Å². The van der Waals surface area contributed by atoms with Gasteiger partial charge in [-0.15, -0.1) is 0 Å². The maximum atomic E-state index is 13.0. The van der Waals surface area contributed by atoms with Crippen molar-refractivity contribution in [2.75, 3.05) is 4.72 Å². The molecular weight excluding hydrogens is 336 g/mol.